The molecule has 0 bridgehead atoms. The van der Waals surface area contributed by atoms with Crippen LogP contribution in [0.3, 0.4) is 0 Å². The molecule has 1 N–H and O–H groups in total. The van der Waals surface area contributed by atoms with Gasteiger partial charge in [0.2, 0.25) is 15.9 Å². The molecule has 1 atom stereocenters. The molecule has 2 aromatic carbocycles. The Labute approximate surface area is 176 Å². The largest absolute Gasteiger partial charge is 0.350 e. The quantitative estimate of drug-likeness (QED) is 0.599. The second-order valence-electron chi connectivity index (χ2n) is 6.58. The van der Waals surface area contributed by atoms with E-state index in [0.29, 0.717) is 25.9 Å². The topological polar surface area (TPSA) is 66.5 Å². The van der Waals surface area contributed by atoms with Crippen molar-refractivity contribution in [3.63, 3.8) is 0 Å². The summed E-state index contributed by atoms with van der Waals surface area (Å²) in [6.45, 7) is 6.48. The summed E-state index contributed by atoms with van der Waals surface area (Å²) in [5, 5.41) is 3.00. The molecule has 0 aromatic heterocycles. The zero-order valence-corrected chi connectivity index (χ0v) is 18.9. The molecule has 2 rings (SSSR count). The predicted molar refractivity (Wildman–Crippen MR) is 116 cm³/mol. The van der Waals surface area contributed by atoms with Gasteiger partial charge >= 0.3 is 0 Å². The van der Waals surface area contributed by atoms with Gasteiger partial charge in [-0.1, -0.05) is 54.0 Å². The van der Waals surface area contributed by atoms with Gasteiger partial charge in [0.25, 0.3) is 0 Å². The van der Waals surface area contributed by atoms with Crippen molar-refractivity contribution in [1.82, 2.24) is 9.62 Å². The summed E-state index contributed by atoms with van der Waals surface area (Å²) >= 11 is 3.44. The third-order valence-corrected chi connectivity index (χ3v) is 7.19. The van der Waals surface area contributed by atoms with Crippen molar-refractivity contribution in [2.45, 2.75) is 44.6 Å². The molecule has 28 heavy (non-hydrogen) atoms. The Hall–Kier alpha value is -1.70. The Balaban J connectivity index is 1.93. The van der Waals surface area contributed by atoms with Gasteiger partial charge in [-0.05, 0) is 48.7 Å². The predicted octanol–water partition coefficient (Wildman–Crippen LogP) is 4.29. The van der Waals surface area contributed by atoms with Gasteiger partial charge < -0.3 is 5.32 Å². The minimum absolute atomic E-state index is 0.0349. The van der Waals surface area contributed by atoms with Gasteiger partial charge in [0.15, 0.2) is 0 Å². The first-order valence-corrected chi connectivity index (χ1v) is 11.6. The van der Waals surface area contributed by atoms with Crippen LogP contribution in [0.4, 0.5) is 0 Å². The maximum absolute atomic E-state index is 12.5. The number of rotatable bonds is 9. The van der Waals surface area contributed by atoms with Gasteiger partial charge in [0.05, 0.1) is 10.9 Å². The van der Waals surface area contributed by atoms with E-state index in [1.165, 1.54) is 4.31 Å². The van der Waals surface area contributed by atoms with Crippen LogP contribution in [0.2, 0.25) is 0 Å². The van der Waals surface area contributed by atoms with E-state index in [2.05, 4.69) is 21.2 Å². The number of sulfonamides is 1. The molecule has 0 aliphatic carbocycles. The molecular weight excluding hydrogens is 440 g/mol. The molecular formula is C21H27BrN2O3S. The summed E-state index contributed by atoms with van der Waals surface area (Å²) in [4.78, 5) is 12.5. The molecule has 0 aliphatic rings. The summed E-state index contributed by atoms with van der Waals surface area (Å²) in [5.41, 5.74) is 1.97. The Kier molecular flexibility index (Phi) is 8.22. The van der Waals surface area contributed by atoms with E-state index < -0.39 is 10.0 Å². The fourth-order valence-corrected chi connectivity index (χ4v) is 4.85. The minimum Gasteiger partial charge on any atom is -0.350 e. The highest BCUT2D eigenvalue weighted by molar-refractivity contribution is 9.10. The first kappa shape index (κ1) is 22.6. The van der Waals surface area contributed by atoms with Crippen molar-refractivity contribution in [2.75, 3.05) is 13.1 Å². The van der Waals surface area contributed by atoms with Crippen LogP contribution in [-0.4, -0.2) is 31.7 Å². The van der Waals surface area contributed by atoms with Crippen LogP contribution in [0.15, 0.2) is 57.9 Å². The molecule has 0 saturated carbocycles. The third kappa shape index (κ3) is 5.90. The fourth-order valence-electron chi connectivity index (χ4n) is 2.97. The average molecular weight is 467 g/mol. The van der Waals surface area contributed by atoms with Crippen molar-refractivity contribution in [3.05, 3.63) is 64.1 Å². The number of carbonyl (C=O) groups excluding carboxylic acids is 1. The van der Waals surface area contributed by atoms with Crippen molar-refractivity contribution >= 4 is 31.9 Å². The van der Waals surface area contributed by atoms with Gasteiger partial charge in [-0.2, -0.15) is 4.31 Å². The highest BCUT2D eigenvalue weighted by Gasteiger charge is 2.21. The summed E-state index contributed by atoms with van der Waals surface area (Å²) in [6, 6.07) is 14.6. The van der Waals surface area contributed by atoms with Crippen LogP contribution in [-0.2, 0) is 21.2 Å². The Morgan fingerprint density at radius 2 is 1.75 bits per heavy atom. The molecule has 0 spiro atoms. The van der Waals surface area contributed by atoms with Crippen molar-refractivity contribution in [3.8, 4) is 0 Å². The minimum atomic E-state index is -3.45. The Morgan fingerprint density at radius 3 is 2.32 bits per heavy atom. The molecule has 152 valence electrons. The molecule has 7 heteroatoms. The molecule has 5 nitrogen and oxygen atoms in total. The van der Waals surface area contributed by atoms with E-state index in [1.807, 2.05) is 45.0 Å². The smallest absolute Gasteiger partial charge is 0.243 e. The molecule has 2 aromatic rings. The molecule has 1 unspecified atom stereocenters. The van der Waals surface area contributed by atoms with Gasteiger partial charge in [-0.25, -0.2) is 8.42 Å². The molecule has 0 aliphatic heterocycles. The zero-order valence-electron chi connectivity index (χ0n) is 16.5. The number of hydrogen-bond donors (Lipinski definition) is 1. The molecule has 1 amide bonds. The van der Waals surface area contributed by atoms with E-state index in [9.17, 15) is 13.2 Å². The first-order chi connectivity index (χ1) is 13.3. The standard InChI is InChI=1S/C21H27BrN2O3S/c1-4-24(5-2)28(26,27)20-12-9-17(10-13-20)11-14-21(25)23-16(3)18-7-6-8-19(22)15-18/h6-10,12-13,15-16H,4-5,11,14H2,1-3H3,(H,23,25). The van der Waals surface area contributed by atoms with Crippen LogP contribution in [0.25, 0.3) is 0 Å². The lowest BCUT2D eigenvalue weighted by Gasteiger charge is -2.18. The molecule has 0 radical (unpaired) electrons. The van der Waals surface area contributed by atoms with E-state index in [1.54, 1.807) is 24.3 Å². The van der Waals surface area contributed by atoms with E-state index in [0.717, 1.165) is 15.6 Å². The van der Waals surface area contributed by atoms with Crippen LogP contribution < -0.4 is 5.32 Å². The molecule has 0 heterocycles. The van der Waals surface area contributed by atoms with Crippen molar-refractivity contribution in [2.24, 2.45) is 0 Å². The van der Waals surface area contributed by atoms with E-state index in [-0.39, 0.29) is 16.8 Å². The first-order valence-electron chi connectivity index (χ1n) is 9.41. The Morgan fingerprint density at radius 1 is 1.11 bits per heavy atom. The Bertz CT molecular complexity index is 894. The number of halogens is 1. The lowest BCUT2D eigenvalue weighted by Crippen LogP contribution is -2.30. The molecule has 0 fully saturated rings. The SMILES string of the molecule is CCN(CC)S(=O)(=O)c1ccc(CCC(=O)NC(C)c2cccc(Br)c2)cc1. The lowest BCUT2D eigenvalue weighted by molar-refractivity contribution is -0.121. The normalized spacial score (nSPS) is 12.8. The highest BCUT2D eigenvalue weighted by atomic mass is 79.9. The highest BCUT2D eigenvalue weighted by Crippen LogP contribution is 2.19. The number of amides is 1. The summed E-state index contributed by atoms with van der Waals surface area (Å²) in [7, 11) is -3.45. The maximum atomic E-state index is 12.5. The molecule has 0 saturated heterocycles. The zero-order chi connectivity index (χ0) is 20.7. The van der Waals surface area contributed by atoms with E-state index in [4.69, 9.17) is 0 Å². The van der Waals surface area contributed by atoms with Crippen LogP contribution in [0.1, 0.15) is 44.4 Å². The number of aryl methyl sites for hydroxylation is 1. The van der Waals surface area contributed by atoms with Gasteiger partial charge in [0.1, 0.15) is 0 Å². The summed E-state index contributed by atoms with van der Waals surface area (Å²) < 4.78 is 27.4. The number of nitrogens with zero attached hydrogens (tertiary/aromatic N) is 1. The number of benzene rings is 2. The van der Waals surface area contributed by atoms with Gasteiger partial charge in [0, 0.05) is 24.0 Å². The average Bonchev–Trinajstić information content (AvgIpc) is 2.67. The van der Waals surface area contributed by atoms with Crippen LogP contribution >= 0.6 is 15.9 Å². The maximum Gasteiger partial charge on any atom is 0.243 e. The lowest BCUT2D eigenvalue weighted by atomic mass is 10.1. The van der Waals surface area contributed by atoms with Gasteiger partial charge in [-0.15, -0.1) is 0 Å². The number of nitrogens with one attached hydrogen (secondary N) is 1. The second kappa shape index (κ2) is 10.2. The number of carbonyl (C=O) groups is 1. The summed E-state index contributed by atoms with van der Waals surface area (Å²) in [5.74, 6) is -0.0349. The second-order valence-corrected chi connectivity index (χ2v) is 9.43. The van der Waals surface area contributed by atoms with Crippen molar-refractivity contribution in [1.29, 1.82) is 0 Å². The number of hydrogen-bond acceptors (Lipinski definition) is 3. The van der Waals surface area contributed by atoms with E-state index >= 15 is 0 Å². The van der Waals surface area contributed by atoms with Crippen LogP contribution in [0, 0.1) is 0 Å². The van der Waals surface area contributed by atoms with Crippen LogP contribution in [0.5, 0.6) is 0 Å². The third-order valence-electron chi connectivity index (χ3n) is 4.63. The monoisotopic (exact) mass is 466 g/mol. The fraction of sp³-hybridized carbons (Fsp3) is 0.381. The van der Waals surface area contributed by atoms with Gasteiger partial charge in [-0.3, -0.25) is 4.79 Å². The summed E-state index contributed by atoms with van der Waals surface area (Å²) in [6.07, 6.45) is 0.906. The van der Waals surface area contributed by atoms with Crippen molar-refractivity contribution < 1.29 is 13.2 Å².